The highest BCUT2D eigenvalue weighted by atomic mass is 32.2. The van der Waals surface area contributed by atoms with Gasteiger partial charge in [0.05, 0.1) is 18.5 Å². The maximum Gasteiger partial charge on any atom is 0.148 e. The van der Waals surface area contributed by atoms with E-state index in [4.69, 9.17) is 10.5 Å². The smallest absolute Gasteiger partial charge is 0.148 e. The van der Waals surface area contributed by atoms with Crippen molar-refractivity contribution in [3.63, 3.8) is 0 Å². The molecule has 94 valence electrons. The second-order valence-corrected chi connectivity index (χ2v) is 4.51. The largest absolute Gasteiger partial charge is 0.495 e. The summed E-state index contributed by atoms with van der Waals surface area (Å²) in [5.74, 6) is 1.90. The molecule has 3 nitrogen and oxygen atoms in total. The predicted molar refractivity (Wildman–Crippen MR) is 73.4 cm³/mol. The van der Waals surface area contributed by atoms with Crippen LogP contribution in [0.4, 0.5) is 15.8 Å². The molecule has 0 bridgehead atoms. The number of nitrogen functional groups attached to an aromatic ring is 1. The van der Waals surface area contributed by atoms with E-state index in [1.807, 2.05) is 6.08 Å². The Morgan fingerprint density at radius 2 is 2.35 bits per heavy atom. The van der Waals surface area contributed by atoms with Gasteiger partial charge in [-0.2, -0.15) is 11.8 Å². The third kappa shape index (κ3) is 4.19. The number of halogens is 1. The molecular weight excluding hydrogens is 239 g/mol. The van der Waals surface area contributed by atoms with Gasteiger partial charge in [-0.25, -0.2) is 4.39 Å². The summed E-state index contributed by atoms with van der Waals surface area (Å²) in [7, 11) is 1.51. The second kappa shape index (κ2) is 7.06. The molecule has 0 atom stereocenters. The van der Waals surface area contributed by atoms with Crippen LogP contribution < -0.4 is 15.8 Å². The molecule has 0 fully saturated rings. The lowest BCUT2D eigenvalue weighted by Gasteiger charge is -2.11. The fourth-order valence-corrected chi connectivity index (χ4v) is 1.89. The van der Waals surface area contributed by atoms with Gasteiger partial charge in [-0.3, -0.25) is 0 Å². The lowest BCUT2D eigenvalue weighted by molar-refractivity contribution is 0.416. The SMILES string of the molecule is C=CCSCCNc1cc(OC)c(N)cc1F. The van der Waals surface area contributed by atoms with Crippen molar-refractivity contribution in [3.05, 3.63) is 30.6 Å². The van der Waals surface area contributed by atoms with Crippen LogP contribution in [0.25, 0.3) is 0 Å². The minimum Gasteiger partial charge on any atom is -0.495 e. The quantitative estimate of drug-likeness (QED) is 0.447. The summed E-state index contributed by atoms with van der Waals surface area (Å²) in [4.78, 5) is 0. The Balaban J connectivity index is 2.55. The van der Waals surface area contributed by atoms with Gasteiger partial charge in [0, 0.05) is 30.2 Å². The molecule has 5 heteroatoms. The lowest BCUT2D eigenvalue weighted by Crippen LogP contribution is -2.07. The van der Waals surface area contributed by atoms with Crippen LogP contribution in [0, 0.1) is 5.82 Å². The van der Waals surface area contributed by atoms with Gasteiger partial charge in [-0.05, 0) is 0 Å². The minimum absolute atomic E-state index is 0.302. The number of methoxy groups -OCH3 is 1. The number of thioether (sulfide) groups is 1. The number of nitrogens with one attached hydrogen (secondary N) is 1. The Bertz CT molecular complexity index is 385. The molecule has 0 saturated carbocycles. The molecule has 0 radical (unpaired) electrons. The van der Waals surface area contributed by atoms with E-state index in [0.29, 0.717) is 23.7 Å². The van der Waals surface area contributed by atoms with Crippen molar-refractivity contribution in [2.24, 2.45) is 0 Å². The van der Waals surface area contributed by atoms with E-state index in [2.05, 4.69) is 11.9 Å². The van der Waals surface area contributed by atoms with Gasteiger partial charge in [0.15, 0.2) is 0 Å². The first-order valence-electron chi connectivity index (χ1n) is 5.24. The van der Waals surface area contributed by atoms with Crippen LogP contribution in [-0.2, 0) is 0 Å². The number of nitrogens with two attached hydrogens (primary N) is 1. The van der Waals surface area contributed by atoms with Gasteiger partial charge < -0.3 is 15.8 Å². The van der Waals surface area contributed by atoms with Crippen molar-refractivity contribution < 1.29 is 9.13 Å². The van der Waals surface area contributed by atoms with Crippen molar-refractivity contribution >= 4 is 23.1 Å². The van der Waals surface area contributed by atoms with Crippen LogP contribution in [0.2, 0.25) is 0 Å². The van der Waals surface area contributed by atoms with E-state index in [1.165, 1.54) is 13.2 Å². The molecule has 0 heterocycles. The van der Waals surface area contributed by atoms with Crippen molar-refractivity contribution in [2.45, 2.75) is 0 Å². The first-order chi connectivity index (χ1) is 8.19. The van der Waals surface area contributed by atoms with Crippen LogP contribution >= 0.6 is 11.8 Å². The van der Waals surface area contributed by atoms with E-state index >= 15 is 0 Å². The number of ether oxygens (including phenoxy) is 1. The first kappa shape index (κ1) is 13.7. The standard InChI is InChI=1S/C12H17FN2OS/c1-3-5-17-6-4-15-11-8-12(16-2)10(14)7-9(11)13/h3,7-8,15H,1,4-6,14H2,2H3. The van der Waals surface area contributed by atoms with Crippen LogP contribution in [0.15, 0.2) is 24.8 Å². The third-order valence-electron chi connectivity index (χ3n) is 2.12. The lowest BCUT2D eigenvalue weighted by atomic mass is 10.2. The molecule has 0 aliphatic carbocycles. The maximum absolute atomic E-state index is 13.5. The molecule has 1 aromatic rings. The molecule has 0 spiro atoms. The second-order valence-electron chi connectivity index (χ2n) is 3.36. The van der Waals surface area contributed by atoms with Crippen LogP contribution in [0.1, 0.15) is 0 Å². The maximum atomic E-state index is 13.5. The first-order valence-corrected chi connectivity index (χ1v) is 6.40. The Hall–Kier alpha value is -1.36. The summed E-state index contributed by atoms with van der Waals surface area (Å²) in [6.45, 7) is 4.31. The minimum atomic E-state index is -0.364. The van der Waals surface area contributed by atoms with E-state index in [9.17, 15) is 4.39 Å². The van der Waals surface area contributed by atoms with Crippen LogP contribution in [0.3, 0.4) is 0 Å². The van der Waals surface area contributed by atoms with Crippen molar-refractivity contribution in [1.29, 1.82) is 0 Å². The topological polar surface area (TPSA) is 47.3 Å². The molecule has 0 saturated heterocycles. The molecule has 1 rings (SSSR count). The summed E-state index contributed by atoms with van der Waals surface area (Å²) < 4.78 is 18.6. The van der Waals surface area contributed by atoms with E-state index < -0.39 is 0 Å². The summed E-state index contributed by atoms with van der Waals surface area (Å²) in [6.07, 6.45) is 1.84. The van der Waals surface area contributed by atoms with Crippen molar-refractivity contribution in [1.82, 2.24) is 0 Å². The molecule has 1 aromatic carbocycles. The van der Waals surface area contributed by atoms with Gasteiger partial charge in [-0.1, -0.05) is 6.08 Å². The van der Waals surface area contributed by atoms with Crippen molar-refractivity contribution in [2.75, 3.05) is 36.2 Å². The molecular formula is C12H17FN2OS. The van der Waals surface area contributed by atoms with Gasteiger partial charge in [0.2, 0.25) is 0 Å². The Morgan fingerprint density at radius 1 is 1.59 bits per heavy atom. The zero-order chi connectivity index (χ0) is 12.7. The Labute approximate surface area is 105 Å². The van der Waals surface area contributed by atoms with Crippen LogP contribution in [-0.4, -0.2) is 25.2 Å². The average Bonchev–Trinajstić information content (AvgIpc) is 2.31. The van der Waals surface area contributed by atoms with Gasteiger partial charge >= 0.3 is 0 Å². The normalized spacial score (nSPS) is 10.0. The molecule has 0 unspecified atom stereocenters. The average molecular weight is 256 g/mol. The van der Waals surface area contributed by atoms with E-state index in [-0.39, 0.29) is 5.82 Å². The summed E-state index contributed by atoms with van der Waals surface area (Å²) >= 11 is 1.73. The number of rotatable bonds is 7. The van der Waals surface area contributed by atoms with E-state index in [0.717, 1.165) is 11.5 Å². The highest BCUT2D eigenvalue weighted by Gasteiger charge is 2.07. The predicted octanol–water partition coefficient (Wildman–Crippen LogP) is 2.75. The van der Waals surface area contributed by atoms with Crippen molar-refractivity contribution in [3.8, 4) is 5.75 Å². The fraction of sp³-hybridized carbons (Fsp3) is 0.333. The summed E-state index contributed by atoms with van der Waals surface area (Å²) in [6, 6.07) is 2.83. The molecule has 3 N–H and O–H groups in total. The molecule has 0 amide bonds. The van der Waals surface area contributed by atoms with E-state index in [1.54, 1.807) is 17.8 Å². The zero-order valence-corrected chi connectivity index (χ0v) is 10.6. The van der Waals surface area contributed by atoms with Gasteiger partial charge in [0.1, 0.15) is 11.6 Å². The zero-order valence-electron chi connectivity index (χ0n) is 9.83. The third-order valence-corrected chi connectivity index (χ3v) is 3.08. The van der Waals surface area contributed by atoms with Crippen LogP contribution in [0.5, 0.6) is 5.75 Å². The van der Waals surface area contributed by atoms with Gasteiger partial charge in [-0.15, -0.1) is 6.58 Å². The number of benzene rings is 1. The summed E-state index contributed by atoms with van der Waals surface area (Å²) in [5, 5.41) is 3.01. The Morgan fingerprint density at radius 3 is 3.00 bits per heavy atom. The number of hydrogen-bond acceptors (Lipinski definition) is 4. The molecule has 17 heavy (non-hydrogen) atoms. The molecule has 0 aliphatic rings. The summed E-state index contributed by atoms with van der Waals surface area (Å²) in [5.41, 5.74) is 6.30. The number of anilines is 2. The number of hydrogen-bond donors (Lipinski definition) is 2. The molecule has 0 aliphatic heterocycles. The highest BCUT2D eigenvalue weighted by Crippen LogP contribution is 2.28. The Kier molecular flexibility index (Phi) is 5.69. The monoisotopic (exact) mass is 256 g/mol. The molecule has 0 aromatic heterocycles. The van der Waals surface area contributed by atoms with Gasteiger partial charge in [0.25, 0.3) is 0 Å². The highest BCUT2D eigenvalue weighted by molar-refractivity contribution is 7.99. The fourth-order valence-electron chi connectivity index (χ4n) is 1.31.